The predicted molar refractivity (Wildman–Crippen MR) is 69.4 cm³/mol. The summed E-state index contributed by atoms with van der Waals surface area (Å²) in [5.74, 6) is 0.849. The van der Waals surface area contributed by atoms with Gasteiger partial charge in [0.05, 0.1) is 0 Å². The van der Waals surface area contributed by atoms with Gasteiger partial charge in [-0.25, -0.2) is 0 Å². The number of hydrogen-bond acceptors (Lipinski definition) is 1. The Hall–Kier alpha value is -0.820. The fourth-order valence-electron chi connectivity index (χ4n) is 2.79. The van der Waals surface area contributed by atoms with E-state index < -0.39 is 0 Å². The molecule has 0 aromatic heterocycles. The number of piperidine rings is 1. The molecule has 0 bridgehead atoms. The molecule has 16 heavy (non-hydrogen) atoms. The van der Waals surface area contributed by atoms with Crippen LogP contribution >= 0.6 is 0 Å². The Morgan fingerprint density at radius 3 is 2.44 bits per heavy atom. The lowest BCUT2D eigenvalue weighted by Gasteiger charge is -2.41. The standard InChI is InChI=1S/C15H23N/c1-12(2)16-11-13(3)9-10-15(16)14-7-5-4-6-8-14/h4-8,12-13,15H,9-11H2,1-3H3. The number of rotatable bonds is 2. The van der Waals surface area contributed by atoms with Gasteiger partial charge in [0.1, 0.15) is 0 Å². The number of likely N-dealkylation sites (tertiary alicyclic amines) is 1. The van der Waals surface area contributed by atoms with Crippen molar-refractivity contribution in [3.05, 3.63) is 35.9 Å². The van der Waals surface area contributed by atoms with Crippen molar-refractivity contribution in [2.45, 2.75) is 45.7 Å². The number of benzene rings is 1. The Morgan fingerprint density at radius 1 is 1.12 bits per heavy atom. The van der Waals surface area contributed by atoms with Gasteiger partial charge in [-0.3, -0.25) is 4.90 Å². The molecule has 1 aliphatic rings. The molecular formula is C15H23N. The molecule has 1 heterocycles. The molecule has 2 unspecified atom stereocenters. The van der Waals surface area contributed by atoms with Gasteiger partial charge in [0, 0.05) is 18.6 Å². The minimum atomic E-state index is 0.636. The van der Waals surface area contributed by atoms with Gasteiger partial charge >= 0.3 is 0 Å². The summed E-state index contributed by atoms with van der Waals surface area (Å²) in [6, 6.07) is 12.3. The lowest BCUT2D eigenvalue weighted by atomic mass is 9.89. The van der Waals surface area contributed by atoms with Gasteiger partial charge in [-0.2, -0.15) is 0 Å². The quantitative estimate of drug-likeness (QED) is 0.727. The normalized spacial score (nSPS) is 27.2. The van der Waals surface area contributed by atoms with Crippen molar-refractivity contribution in [3.8, 4) is 0 Å². The minimum Gasteiger partial charge on any atom is -0.294 e. The van der Waals surface area contributed by atoms with Crippen LogP contribution in [0.1, 0.15) is 45.2 Å². The van der Waals surface area contributed by atoms with Crippen LogP contribution in [0, 0.1) is 5.92 Å². The van der Waals surface area contributed by atoms with Crippen molar-refractivity contribution < 1.29 is 0 Å². The predicted octanol–water partition coefficient (Wildman–Crippen LogP) is 3.87. The van der Waals surface area contributed by atoms with Crippen LogP contribution in [-0.2, 0) is 0 Å². The van der Waals surface area contributed by atoms with Gasteiger partial charge in [-0.1, -0.05) is 37.3 Å². The first kappa shape index (κ1) is 11.7. The van der Waals surface area contributed by atoms with Crippen molar-refractivity contribution >= 4 is 0 Å². The highest BCUT2D eigenvalue weighted by Crippen LogP contribution is 2.34. The smallest absolute Gasteiger partial charge is 0.0351 e. The van der Waals surface area contributed by atoms with Crippen LogP contribution in [0.2, 0.25) is 0 Å². The van der Waals surface area contributed by atoms with Crippen molar-refractivity contribution in [3.63, 3.8) is 0 Å². The Kier molecular flexibility index (Phi) is 3.65. The highest BCUT2D eigenvalue weighted by atomic mass is 15.2. The zero-order valence-electron chi connectivity index (χ0n) is 10.7. The molecule has 88 valence electrons. The van der Waals surface area contributed by atoms with Crippen LogP contribution in [0.3, 0.4) is 0 Å². The highest BCUT2D eigenvalue weighted by Gasteiger charge is 2.28. The summed E-state index contributed by atoms with van der Waals surface area (Å²) < 4.78 is 0. The molecule has 1 aromatic rings. The first-order chi connectivity index (χ1) is 7.68. The van der Waals surface area contributed by atoms with E-state index in [4.69, 9.17) is 0 Å². The molecule has 1 nitrogen and oxygen atoms in total. The Bertz CT molecular complexity index is 317. The van der Waals surface area contributed by atoms with Crippen LogP contribution in [0.5, 0.6) is 0 Å². The summed E-state index contributed by atoms with van der Waals surface area (Å²) in [6.45, 7) is 8.25. The third-order valence-electron chi connectivity index (χ3n) is 3.70. The average Bonchev–Trinajstić information content (AvgIpc) is 2.30. The summed E-state index contributed by atoms with van der Waals surface area (Å²) in [5, 5.41) is 0. The van der Waals surface area contributed by atoms with E-state index in [0.717, 1.165) is 5.92 Å². The summed E-state index contributed by atoms with van der Waals surface area (Å²) in [7, 11) is 0. The molecule has 1 fully saturated rings. The Morgan fingerprint density at radius 2 is 1.81 bits per heavy atom. The molecule has 1 heteroatoms. The molecule has 2 rings (SSSR count). The molecular weight excluding hydrogens is 194 g/mol. The number of hydrogen-bond donors (Lipinski definition) is 0. The van der Waals surface area contributed by atoms with Crippen molar-refractivity contribution in [2.75, 3.05) is 6.54 Å². The molecule has 1 aromatic carbocycles. The van der Waals surface area contributed by atoms with Crippen LogP contribution in [0.15, 0.2) is 30.3 Å². The van der Waals surface area contributed by atoms with Gasteiger partial charge in [0.25, 0.3) is 0 Å². The third-order valence-corrected chi connectivity index (χ3v) is 3.70. The molecule has 2 atom stereocenters. The van der Waals surface area contributed by atoms with Crippen LogP contribution in [0.4, 0.5) is 0 Å². The van der Waals surface area contributed by atoms with Gasteiger partial charge < -0.3 is 0 Å². The largest absolute Gasteiger partial charge is 0.294 e. The second-order valence-electron chi connectivity index (χ2n) is 5.40. The van der Waals surface area contributed by atoms with E-state index in [-0.39, 0.29) is 0 Å². The lowest BCUT2D eigenvalue weighted by Crippen LogP contribution is -2.41. The van der Waals surface area contributed by atoms with E-state index in [1.54, 1.807) is 0 Å². The second-order valence-corrected chi connectivity index (χ2v) is 5.40. The van der Waals surface area contributed by atoms with Gasteiger partial charge in [-0.15, -0.1) is 0 Å². The summed E-state index contributed by atoms with van der Waals surface area (Å²) >= 11 is 0. The van der Waals surface area contributed by atoms with Crippen molar-refractivity contribution in [1.82, 2.24) is 4.90 Å². The summed E-state index contributed by atoms with van der Waals surface area (Å²) in [5.41, 5.74) is 1.49. The maximum atomic E-state index is 2.66. The zero-order valence-corrected chi connectivity index (χ0v) is 10.7. The molecule has 1 aliphatic heterocycles. The maximum absolute atomic E-state index is 2.66. The first-order valence-corrected chi connectivity index (χ1v) is 6.49. The Labute approximate surface area is 99.5 Å². The lowest BCUT2D eigenvalue weighted by molar-refractivity contribution is 0.0819. The van der Waals surface area contributed by atoms with E-state index in [9.17, 15) is 0 Å². The molecule has 0 amide bonds. The van der Waals surface area contributed by atoms with Crippen LogP contribution in [0.25, 0.3) is 0 Å². The molecule has 0 saturated carbocycles. The minimum absolute atomic E-state index is 0.636. The van der Waals surface area contributed by atoms with E-state index in [2.05, 4.69) is 56.0 Å². The molecule has 0 aliphatic carbocycles. The van der Waals surface area contributed by atoms with Crippen LogP contribution < -0.4 is 0 Å². The SMILES string of the molecule is CC1CCC(c2ccccc2)N(C(C)C)C1. The topological polar surface area (TPSA) is 3.24 Å². The van der Waals surface area contributed by atoms with E-state index in [0.29, 0.717) is 12.1 Å². The number of nitrogens with zero attached hydrogens (tertiary/aromatic N) is 1. The van der Waals surface area contributed by atoms with Gasteiger partial charge in [0.15, 0.2) is 0 Å². The maximum Gasteiger partial charge on any atom is 0.0351 e. The molecule has 0 radical (unpaired) electrons. The van der Waals surface area contributed by atoms with Gasteiger partial charge in [-0.05, 0) is 38.2 Å². The molecule has 1 saturated heterocycles. The van der Waals surface area contributed by atoms with Crippen molar-refractivity contribution in [1.29, 1.82) is 0 Å². The zero-order chi connectivity index (χ0) is 11.5. The fraction of sp³-hybridized carbons (Fsp3) is 0.600. The first-order valence-electron chi connectivity index (χ1n) is 6.49. The van der Waals surface area contributed by atoms with E-state index >= 15 is 0 Å². The van der Waals surface area contributed by atoms with Crippen molar-refractivity contribution in [2.24, 2.45) is 5.92 Å². The molecule has 0 N–H and O–H groups in total. The van der Waals surface area contributed by atoms with Crippen LogP contribution in [-0.4, -0.2) is 17.5 Å². The fourth-order valence-corrected chi connectivity index (χ4v) is 2.79. The highest BCUT2D eigenvalue weighted by molar-refractivity contribution is 5.19. The monoisotopic (exact) mass is 217 g/mol. The third kappa shape index (κ3) is 2.46. The average molecular weight is 217 g/mol. The van der Waals surface area contributed by atoms with Gasteiger partial charge in [0.2, 0.25) is 0 Å². The summed E-state index contributed by atoms with van der Waals surface area (Å²) in [6.07, 6.45) is 2.67. The van der Waals surface area contributed by atoms with E-state index in [1.807, 2.05) is 0 Å². The molecule has 0 spiro atoms. The second kappa shape index (κ2) is 5.01. The Balaban J connectivity index is 2.19. The van der Waals surface area contributed by atoms with E-state index in [1.165, 1.54) is 24.9 Å². The summed E-state index contributed by atoms with van der Waals surface area (Å²) in [4.78, 5) is 2.66.